The Bertz CT molecular complexity index is 446. The first-order valence-corrected chi connectivity index (χ1v) is 5.24. The molecule has 0 aliphatic heterocycles. The highest BCUT2D eigenvalue weighted by Crippen LogP contribution is 2.28. The topological polar surface area (TPSA) is 29.5 Å². The Balaban J connectivity index is 3.01. The van der Waals surface area contributed by atoms with Crippen LogP contribution in [0.2, 0.25) is 0 Å². The Morgan fingerprint density at radius 1 is 1.35 bits per heavy atom. The van der Waals surface area contributed by atoms with Crippen LogP contribution in [0.1, 0.15) is 12.0 Å². The summed E-state index contributed by atoms with van der Waals surface area (Å²) in [6.45, 7) is 0. The lowest BCUT2D eigenvalue weighted by molar-refractivity contribution is -0.274. The molecule has 0 aliphatic carbocycles. The monoisotopic (exact) mass is 262 g/mol. The van der Waals surface area contributed by atoms with Gasteiger partial charge >= 0.3 is 6.36 Å². The molecular weight excluding hydrogens is 253 g/mol. The van der Waals surface area contributed by atoms with E-state index in [2.05, 4.69) is 29.2 Å². The first-order valence-electron chi connectivity index (χ1n) is 4.61. The van der Waals surface area contributed by atoms with Gasteiger partial charge in [0, 0.05) is 12.2 Å². The molecule has 0 atom stereocenters. The number of ether oxygens (including phenoxy) is 1. The third-order valence-corrected chi connectivity index (χ3v) is 1.87. The molecule has 6 heteroatoms. The zero-order chi connectivity index (χ0) is 12.9. The van der Waals surface area contributed by atoms with Gasteiger partial charge in [-0.05, 0) is 18.2 Å². The van der Waals surface area contributed by atoms with Crippen LogP contribution >= 0.6 is 12.6 Å². The molecule has 0 aliphatic rings. The highest BCUT2D eigenvalue weighted by Gasteiger charge is 2.32. The number of hydrogen-bond acceptors (Lipinski definition) is 3. The van der Waals surface area contributed by atoms with Crippen molar-refractivity contribution in [2.24, 2.45) is 0 Å². The first-order chi connectivity index (χ1) is 7.92. The first kappa shape index (κ1) is 13.6. The van der Waals surface area contributed by atoms with Crippen molar-refractivity contribution in [3.63, 3.8) is 0 Å². The molecule has 0 amide bonds. The Labute approximate surface area is 102 Å². The molecule has 1 aromatic carbocycles. The third-order valence-electron chi connectivity index (χ3n) is 1.65. The summed E-state index contributed by atoms with van der Waals surface area (Å²) < 4.78 is 40.0. The molecular formula is C11H9F3O2S. The molecule has 0 aromatic heterocycles. The van der Waals surface area contributed by atoms with E-state index in [1.165, 1.54) is 0 Å². The maximum atomic E-state index is 12.1. The van der Waals surface area contributed by atoms with Gasteiger partial charge in [-0.2, -0.15) is 12.6 Å². The zero-order valence-corrected chi connectivity index (χ0v) is 9.48. The number of phenolic OH excluding ortho intramolecular Hbond substituents is 1. The molecule has 2 nitrogen and oxygen atoms in total. The average Bonchev–Trinajstić information content (AvgIpc) is 2.20. The van der Waals surface area contributed by atoms with E-state index in [-0.39, 0.29) is 11.3 Å². The highest BCUT2D eigenvalue weighted by atomic mass is 32.1. The van der Waals surface area contributed by atoms with Gasteiger partial charge < -0.3 is 9.84 Å². The lowest BCUT2D eigenvalue weighted by Crippen LogP contribution is -2.17. The number of alkyl halides is 3. The second-order valence-electron chi connectivity index (χ2n) is 3.00. The Morgan fingerprint density at radius 2 is 2.06 bits per heavy atom. The van der Waals surface area contributed by atoms with Crippen molar-refractivity contribution in [1.29, 1.82) is 0 Å². The van der Waals surface area contributed by atoms with Gasteiger partial charge in [0.05, 0.1) is 5.56 Å². The smallest absolute Gasteiger partial charge is 0.508 e. The molecule has 0 fully saturated rings. The van der Waals surface area contributed by atoms with Gasteiger partial charge in [0.1, 0.15) is 11.5 Å². The predicted molar refractivity (Wildman–Crippen MR) is 60.1 cm³/mol. The molecule has 0 bridgehead atoms. The molecule has 0 heterocycles. The number of aromatic hydroxyl groups is 1. The summed E-state index contributed by atoms with van der Waals surface area (Å²) in [5, 5.41) is 9.17. The van der Waals surface area contributed by atoms with Crippen molar-refractivity contribution in [2.75, 3.05) is 5.75 Å². The fourth-order valence-corrected chi connectivity index (χ4v) is 1.15. The normalized spacial score (nSPS) is 10.6. The van der Waals surface area contributed by atoms with Gasteiger partial charge in [-0.15, -0.1) is 13.2 Å². The summed E-state index contributed by atoms with van der Waals surface area (Å²) in [7, 11) is 0. The Kier molecular flexibility index (Phi) is 4.58. The molecule has 17 heavy (non-hydrogen) atoms. The summed E-state index contributed by atoms with van der Waals surface area (Å²) in [4.78, 5) is 0. The molecule has 0 spiro atoms. The van der Waals surface area contributed by atoms with E-state index < -0.39 is 12.1 Å². The van der Waals surface area contributed by atoms with Crippen LogP contribution in [0.3, 0.4) is 0 Å². The number of halogens is 3. The molecule has 92 valence electrons. The summed E-state index contributed by atoms with van der Waals surface area (Å²) in [6, 6.07) is 3.24. The standard InChI is InChI=1S/C11H9F3O2S/c12-11(13,14)16-10-5-4-9(15)7-8(10)3-1-2-6-17/h4-5,7,15,17H,2,6H2. The van der Waals surface area contributed by atoms with Gasteiger partial charge in [0.25, 0.3) is 0 Å². The van der Waals surface area contributed by atoms with E-state index in [0.29, 0.717) is 12.2 Å². The number of rotatable bonds is 2. The van der Waals surface area contributed by atoms with Crippen LogP contribution in [0.5, 0.6) is 11.5 Å². The second kappa shape index (κ2) is 5.73. The molecule has 1 rings (SSSR count). The quantitative estimate of drug-likeness (QED) is 0.634. The number of hydrogen-bond donors (Lipinski definition) is 2. The Morgan fingerprint density at radius 3 is 2.65 bits per heavy atom. The largest absolute Gasteiger partial charge is 0.573 e. The summed E-state index contributed by atoms with van der Waals surface area (Å²) in [6.07, 6.45) is -4.35. The number of benzene rings is 1. The lowest BCUT2D eigenvalue weighted by Gasteiger charge is -2.10. The average molecular weight is 262 g/mol. The van der Waals surface area contributed by atoms with Gasteiger partial charge in [-0.1, -0.05) is 11.8 Å². The molecule has 0 saturated carbocycles. The van der Waals surface area contributed by atoms with Crippen LogP contribution in [0, 0.1) is 11.8 Å². The maximum Gasteiger partial charge on any atom is 0.573 e. The molecule has 0 radical (unpaired) electrons. The van der Waals surface area contributed by atoms with Crippen molar-refractivity contribution in [3.05, 3.63) is 23.8 Å². The van der Waals surface area contributed by atoms with E-state index >= 15 is 0 Å². The summed E-state index contributed by atoms with van der Waals surface area (Å²) in [5.41, 5.74) is -0.0101. The SMILES string of the molecule is Oc1ccc(OC(F)(F)F)c(C#CCCS)c1. The highest BCUT2D eigenvalue weighted by molar-refractivity contribution is 7.80. The molecule has 1 aromatic rings. The maximum absolute atomic E-state index is 12.1. The van der Waals surface area contributed by atoms with Crippen LogP contribution in [0.15, 0.2) is 18.2 Å². The van der Waals surface area contributed by atoms with Gasteiger partial charge in [0.15, 0.2) is 0 Å². The molecule has 0 unspecified atom stereocenters. The minimum atomic E-state index is -4.78. The number of phenols is 1. The van der Waals surface area contributed by atoms with Crippen LogP contribution in [0.25, 0.3) is 0 Å². The minimum Gasteiger partial charge on any atom is -0.508 e. The minimum absolute atomic E-state index is 0.0101. The van der Waals surface area contributed by atoms with Gasteiger partial charge in [-0.25, -0.2) is 0 Å². The van der Waals surface area contributed by atoms with Gasteiger partial charge in [0.2, 0.25) is 0 Å². The third kappa shape index (κ3) is 4.91. The second-order valence-corrected chi connectivity index (χ2v) is 3.45. The number of thiol groups is 1. The van der Waals surface area contributed by atoms with Crippen molar-refractivity contribution < 1.29 is 23.0 Å². The molecule has 1 N–H and O–H groups in total. The van der Waals surface area contributed by atoms with E-state index in [1.807, 2.05) is 0 Å². The van der Waals surface area contributed by atoms with E-state index in [4.69, 9.17) is 0 Å². The summed E-state index contributed by atoms with van der Waals surface area (Å²) in [5.74, 6) is 5.01. The van der Waals surface area contributed by atoms with Gasteiger partial charge in [-0.3, -0.25) is 0 Å². The summed E-state index contributed by atoms with van der Waals surface area (Å²) >= 11 is 3.92. The zero-order valence-electron chi connectivity index (χ0n) is 8.58. The van der Waals surface area contributed by atoms with Crippen LogP contribution in [-0.2, 0) is 0 Å². The van der Waals surface area contributed by atoms with E-state index in [9.17, 15) is 18.3 Å². The van der Waals surface area contributed by atoms with Crippen LogP contribution in [0.4, 0.5) is 13.2 Å². The Hall–Kier alpha value is -1.48. The predicted octanol–water partition coefficient (Wildman–Crippen LogP) is 2.96. The lowest BCUT2D eigenvalue weighted by atomic mass is 10.2. The van der Waals surface area contributed by atoms with E-state index in [0.717, 1.165) is 18.2 Å². The fourth-order valence-electron chi connectivity index (χ4n) is 1.04. The van der Waals surface area contributed by atoms with Crippen molar-refractivity contribution >= 4 is 12.6 Å². The van der Waals surface area contributed by atoms with Crippen molar-refractivity contribution in [2.45, 2.75) is 12.8 Å². The fraction of sp³-hybridized carbons (Fsp3) is 0.273. The molecule has 0 saturated heterocycles. The van der Waals surface area contributed by atoms with Crippen LogP contribution < -0.4 is 4.74 Å². The van der Waals surface area contributed by atoms with Crippen molar-refractivity contribution in [1.82, 2.24) is 0 Å². The van der Waals surface area contributed by atoms with Crippen molar-refractivity contribution in [3.8, 4) is 23.3 Å². The van der Waals surface area contributed by atoms with E-state index in [1.54, 1.807) is 0 Å². The van der Waals surface area contributed by atoms with Crippen LogP contribution in [-0.4, -0.2) is 17.2 Å².